The third kappa shape index (κ3) is 7.56. The van der Waals surface area contributed by atoms with Crippen molar-refractivity contribution < 1.29 is 9.59 Å². The molecule has 4 nitrogen and oxygen atoms in total. The fourth-order valence-corrected chi connectivity index (χ4v) is 1.49. The SMILES string of the molecule is CC(=O)NC(CS)C(=O)NCCCCS. The van der Waals surface area contributed by atoms with Crippen LogP contribution in [0.5, 0.6) is 0 Å². The van der Waals surface area contributed by atoms with Crippen molar-refractivity contribution in [3.05, 3.63) is 0 Å². The van der Waals surface area contributed by atoms with E-state index in [1.807, 2.05) is 0 Å². The number of hydrogen-bond donors (Lipinski definition) is 4. The minimum Gasteiger partial charge on any atom is -0.354 e. The maximum atomic E-state index is 11.5. The van der Waals surface area contributed by atoms with Gasteiger partial charge in [-0.3, -0.25) is 9.59 Å². The molecule has 0 fully saturated rings. The number of carbonyl (C=O) groups is 2. The summed E-state index contributed by atoms with van der Waals surface area (Å²) < 4.78 is 0. The molecule has 0 spiro atoms. The topological polar surface area (TPSA) is 58.2 Å². The molecule has 2 amide bonds. The van der Waals surface area contributed by atoms with Gasteiger partial charge >= 0.3 is 0 Å². The second-order valence-corrected chi connectivity index (χ2v) is 3.97. The lowest BCUT2D eigenvalue weighted by Gasteiger charge is -2.14. The van der Waals surface area contributed by atoms with Crippen LogP contribution in [0.4, 0.5) is 0 Å². The van der Waals surface area contributed by atoms with Crippen LogP contribution in [0.3, 0.4) is 0 Å². The lowest BCUT2D eigenvalue weighted by atomic mass is 10.3. The Bertz CT molecular complexity index is 212. The third-order valence-corrected chi connectivity index (χ3v) is 2.44. The van der Waals surface area contributed by atoms with Crippen molar-refractivity contribution in [2.75, 3.05) is 18.1 Å². The summed E-state index contributed by atoms with van der Waals surface area (Å²) in [5.74, 6) is 0.717. The van der Waals surface area contributed by atoms with E-state index in [1.54, 1.807) is 0 Å². The molecule has 0 saturated heterocycles. The quantitative estimate of drug-likeness (QED) is 0.387. The first-order valence-corrected chi connectivity index (χ1v) is 6.14. The zero-order chi connectivity index (χ0) is 11.7. The monoisotopic (exact) mass is 250 g/mol. The van der Waals surface area contributed by atoms with Crippen LogP contribution in [0.1, 0.15) is 19.8 Å². The number of nitrogens with one attached hydrogen (secondary N) is 2. The molecule has 2 N–H and O–H groups in total. The smallest absolute Gasteiger partial charge is 0.243 e. The Labute approximate surface area is 101 Å². The van der Waals surface area contributed by atoms with Crippen molar-refractivity contribution in [1.82, 2.24) is 10.6 Å². The fraction of sp³-hybridized carbons (Fsp3) is 0.778. The van der Waals surface area contributed by atoms with Crippen LogP contribution >= 0.6 is 25.3 Å². The summed E-state index contributed by atoms with van der Waals surface area (Å²) >= 11 is 8.07. The van der Waals surface area contributed by atoms with Crippen LogP contribution in [-0.4, -0.2) is 35.9 Å². The Hall–Kier alpha value is -0.360. The average Bonchev–Trinajstić information content (AvgIpc) is 2.20. The number of amides is 2. The maximum Gasteiger partial charge on any atom is 0.243 e. The standard InChI is InChI=1S/C9H18N2O2S2/c1-7(12)11-8(6-15)9(13)10-4-2-3-5-14/h8,14-15H,2-6H2,1H3,(H,10,13)(H,11,12). The highest BCUT2D eigenvalue weighted by Gasteiger charge is 2.16. The molecule has 15 heavy (non-hydrogen) atoms. The van der Waals surface area contributed by atoms with Crippen molar-refractivity contribution in [3.8, 4) is 0 Å². The number of rotatable bonds is 7. The van der Waals surface area contributed by atoms with Gasteiger partial charge < -0.3 is 10.6 Å². The molecule has 1 unspecified atom stereocenters. The Morgan fingerprint density at radius 1 is 1.27 bits per heavy atom. The van der Waals surface area contributed by atoms with Crippen LogP contribution in [0, 0.1) is 0 Å². The van der Waals surface area contributed by atoms with Crippen LogP contribution in [-0.2, 0) is 9.59 Å². The summed E-state index contributed by atoms with van der Waals surface area (Å²) in [7, 11) is 0. The van der Waals surface area contributed by atoms with Gasteiger partial charge in [-0.25, -0.2) is 0 Å². The molecule has 0 aliphatic rings. The van der Waals surface area contributed by atoms with Crippen molar-refractivity contribution >= 4 is 37.1 Å². The minimum absolute atomic E-state index is 0.181. The highest BCUT2D eigenvalue weighted by molar-refractivity contribution is 7.80. The van der Waals surface area contributed by atoms with Crippen molar-refractivity contribution in [1.29, 1.82) is 0 Å². The molecule has 0 saturated carbocycles. The predicted octanol–water partition coefficient (Wildman–Crippen LogP) is 0.247. The second-order valence-electron chi connectivity index (χ2n) is 3.16. The lowest BCUT2D eigenvalue weighted by molar-refractivity contribution is -0.127. The van der Waals surface area contributed by atoms with Crippen LogP contribution in [0.2, 0.25) is 0 Å². The molecule has 0 rings (SSSR count). The predicted molar refractivity (Wildman–Crippen MR) is 67.6 cm³/mol. The van der Waals surface area contributed by atoms with E-state index in [2.05, 4.69) is 35.9 Å². The van der Waals surface area contributed by atoms with Gasteiger partial charge in [-0.1, -0.05) is 0 Å². The molecule has 0 aromatic heterocycles. The van der Waals surface area contributed by atoms with E-state index in [0.717, 1.165) is 18.6 Å². The molecule has 0 aromatic rings. The molecule has 0 aliphatic heterocycles. The summed E-state index contributed by atoms with van der Waals surface area (Å²) in [6.07, 6.45) is 1.86. The van der Waals surface area contributed by atoms with Crippen LogP contribution < -0.4 is 10.6 Å². The molecule has 88 valence electrons. The van der Waals surface area contributed by atoms with Gasteiger partial charge in [0, 0.05) is 19.2 Å². The normalized spacial score (nSPS) is 11.9. The van der Waals surface area contributed by atoms with E-state index in [9.17, 15) is 9.59 Å². The minimum atomic E-state index is -0.540. The first-order chi connectivity index (χ1) is 7.11. The van der Waals surface area contributed by atoms with Gasteiger partial charge in [-0.05, 0) is 18.6 Å². The van der Waals surface area contributed by atoms with E-state index < -0.39 is 6.04 Å². The first-order valence-electron chi connectivity index (χ1n) is 4.88. The van der Waals surface area contributed by atoms with E-state index in [4.69, 9.17) is 0 Å². The first kappa shape index (κ1) is 14.6. The van der Waals surface area contributed by atoms with Crippen molar-refractivity contribution in [2.24, 2.45) is 0 Å². The summed E-state index contributed by atoms with van der Waals surface area (Å²) in [6, 6.07) is -0.540. The second kappa shape index (κ2) is 8.91. The molecule has 0 aliphatic carbocycles. The van der Waals surface area contributed by atoms with E-state index in [1.165, 1.54) is 6.92 Å². The van der Waals surface area contributed by atoms with Crippen molar-refractivity contribution in [3.63, 3.8) is 0 Å². The zero-order valence-electron chi connectivity index (χ0n) is 8.82. The van der Waals surface area contributed by atoms with Gasteiger partial charge in [0.2, 0.25) is 11.8 Å². The largest absolute Gasteiger partial charge is 0.354 e. The van der Waals surface area contributed by atoms with Gasteiger partial charge in [0.1, 0.15) is 6.04 Å². The number of unbranched alkanes of at least 4 members (excludes halogenated alkanes) is 1. The van der Waals surface area contributed by atoms with E-state index in [-0.39, 0.29) is 11.8 Å². The molecular formula is C9H18N2O2S2. The van der Waals surface area contributed by atoms with Crippen molar-refractivity contribution in [2.45, 2.75) is 25.8 Å². The summed E-state index contributed by atoms with van der Waals surface area (Å²) in [6.45, 7) is 1.99. The molecule has 0 aromatic carbocycles. The number of thiol groups is 2. The van der Waals surface area contributed by atoms with Gasteiger partial charge in [0.15, 0.2) is 0 Å². The van der Waals surface area contributed by atoms with Gasteiger partial charge in [0.25, 0.3) is 0 Å². The van der Waals surface area contributed by atoms with Crippen LogP contribution in [0.15, 0.2) is 0 Å². The lowest BCUT2D eigenvalue weighted by Crippen LogP contribution is -2.47. The number of hydrogen-bond acceptors (Lipinski definition) is 4. The highest BCUT2D eigenvalue weighted by atomic mass is 32.1. The molecule has 1 atom stereocenters. The van der Waals surface area contributed by atoms with Crippen LogP contribution in [0.25, 0.3) is 0 Å². The molecule has 0 heterocycles. The maximum absolute atomic E-state index is 11.5. The molecule has 0 radical (unpaired) electrons. The Morgan fingerprint density at radius 2 is 1.93 bits per heavy atom. The Morgan fingerprint density at radius 3 is 2.40 bits per heavy atom. The summed E-state index contributed by atoms with van der Waals surface area (Å²) in [5.41, 5.74) is 0. The van der Waals surface area contributed by atoms with Gasteiger partial charge in [0.05, 0.1) is 0 Å². The highest BCUT2D eigenvalue weighted by Crippen LogP contribution is 1.92. The van der Waals surface area contributed by atoms with E-state index in [0.29, 0.717) is 12.3 Å². The summed E-state index contributed by atoms with van der Waals surface area (Å²) in [4.78, 5) is 22.2. The molecule has 6 heteroatoms. The van der Waals surface area contributed by atoms with Gasteiger partial charge in [-0.15, -0.1) is 0 Å². The number of carbonyl (C=O) groups excluding carboxylic acids is 2. The fourth-order valence-electron chi connectivity index (χ4n) is 1.01. The molecule has 0 bridgehead atoms. The van der Waals surface area contributed by atoms with Gasteiger partial charge in [-0.2, -0.15) is 25.3 Å². The molecular weight excluding hydrogens is 232 g/mol. The Balaban J connectivity index is 3.78. The third-order valence-electron chi connectivity index (χ3n) is 1.76. The summed E-state index contributed by atoms with van der Waals surface area (Å²) in [5, 5.41) is 5.27. The zero-order valence-corrected chi connectivity index (χ0v) is 10.6. The average molecular weight is 250 g/mol. The van der Waals surface area contributed by atoms with E-state index >= 15 is 0 Å². The Kier molecular flexibility index (Phi) is 8.70.